The summed E-state index contributed by atoms with van der Waals surface area (Å²) in [4.78, 5) is 38.7. The number of esters is 3. The van der Waals surface area contributed by atoms with E-state index in [0.29, 0.717) is 4.43 Å². The standard InChI is InChI=1S/C27H23IO8/c28-16-20-21(34-24(29)17-10-4-1-5-11-17)22(35-25(30)18-12-6-2-7-13-18)23(27(32)33-20)36-26(31)19-14-8-3-9-15-19/h1-15,20-23,27,32H,16H2/t20-,21-,22+,23-,27+/m1/s1. The van der Waals surface area contributed by atoms with E-state index in [9.17, 15) is 19.5 Å². The summed E-state index contributed by atoms with van der Waals surface area (Å²) < 4.78 is 23.0. The lowest BCUT2D eigenvalue weighted by molar-refractivity contribution is -0.274. The van der Waals surface area contributed by atoms with Crippen LogP contribution in [0.4, 0.5) is 0 Å². The number of alkyl halides is 1. The van der Waals surface area contributed by atoms with Crippen molar-refractivity contribution in [1.29, 1.82) is 0 Å². The van der Waals surface area contributed by atoms with Crippen molar-refractivity contribution in [3.63, 3.8) is 0 Å². The Morgan fingerprint density at radius 2 is 1.00 bits per heavy atom. The molecule has 1 fully saturated rings. The number of carbonyl (C=O) groups excluding carboxylic acids is 3. The number of hydrogen-bond acceptors (Lipinski definition) is 8. The lowest BCUT2D eigenvalue weighted by Gasteiger charge is -2.42. The third-order valence-electron chi connectivity index (χ3n) is 5.52. The second-order valence-corrected chi connectivity index (χ2v) is 8.81. The van der Waals surface area contributed by atoms with E-state index in [-0.39, 0.29) is 16.7 Å². The number of rotatable bonds is 7. The van der Waals surface area contributed by atoms with E-state index in [1.165, 1.54) is 0 Å². The molecule has 9 heteroatoms. The molecule has 0 aliphatic carbocycles. The smallest absolute Gasteiger partial charge is 0.338 e. The maximum Gasteiger partial charge on any atom is 0.338 e. The number of carbonyl (C=O) groups is 3. The molecule has 1 aliphatic heterocycles. The summed E-state index contributed by atoms with van der Waals surface area (Å²) in [7, 11) is 0. The summed E-state index contributed by atoms with van der Waals surface area (Å²) in [5.74, 6) is -2.17. The van der Waals surface area contributed by atoms with Crippen molar-refractivity contribution in [3.8, 4) is 0 Å². The van der Waals surface area contributed by atoms with E-state index < -0.39 is 48.6 Å². The summed E-state index contributed by atoms with van der Waals surface area (Å²) in [6.07, 6.45) is -6.44. The van der Waals surface area contributed by atoms with Gasteiger partial charge in [0, 0.05) is 4.43 Å². The fourth-order valence-corrected chi connectivity index (χ4v) is 4.43. The van der Waals surface area contributed by atoms with Crippen LogP contribution < -0.4 is 0 Å². The zero-order chi connectivity index (χ0) is 25.5. The van der Waals surface area contributed by atoms with Crippen LogP contribution in [0.5, 0.6) is 0 Å². The highest BCUT2D eigenvalue weighted by molar-refractivity contribution is 14.1. The third kappa shape index (κ3) is 6.10. The Balaban J connectivity index is 1.66. The molecular formula is C27H23IO8. The fraction of sp³-hybridized carbons (Fsp3) is 0.222. The van der Waals surface area contributed by atoms with Gasteiger partial charge in [-0.05, 0) is 36.4 Å². The van der Waals surface area contributed by atoms with E-state index in [0.717, 1.165) is 0 Å². The number of benzene rings is 3. The molecule has 1 N–H and O–H groups in total. The van der Waals surface area contributed by atoms with Crippen LogP contribution in [0.15, 0.2) is 91.0 Å². The van der Waals surface area contributed by atoms with Gasteiger partial charge in [0.1, 0.15) is 6.10 Å². The second kappa shape index (κ2) is 12.1. The van der Waals surface area contributed by atoms with Gasteiger partial charge < -0.3 is 24.1 Å². The molecule has 0 saturated carbocycles. The highest BCUT2D eigenvalue weighted by atomic mass is 127. The molecule has 0 bridgehead atoms. The van der Waals surface area contributed by atoms with Gasteiger partial charge in [-0.2, -0.15) is 0 Å². The minimum absolute atomic E-state index is 0.228. The van der Waals surface area contributed by atoms with Gasteiger partial charge in [-0.15, -0.1) is 0 Å². The first-order valence-corrected chi connectivity index (χ1v) is 12.7. The molecule has 5 atom stereocenters. The lowest BCUT2D eigenvalue weighted by Crippen LogP contribution is -2.62. The number of hydrogen-bond donors (Lipinski definition) is 1. The maximum absolute atomic E-state index is 13.0. The summed E-state index contributed by atoms with van der Waals surface area (Å²) >= 11 is 2.01. The van der Waals surface area contributed by atoms with Gasteiger partial charge in [0.2, 0.25) is 0 Å². The number of aliphatic hydroxyl groups excluding tert-OH is 1. The topological polar surface area (TPSA) is 108 Å². The van der Waals surface area contributed by atoms with Gasteiger partial charge in [-0.25, -0.2) is 14.4 Å². The van der Waals surface area contributed by atoms with Crippen molar-refractivity contribution in [1.82, 2.24) is 0 Å². The summed E-state index contributed by atoms with van der Waals surface area (Å²) in [5.41, 5.74) is 0.749. The molecule has 0 amide bonds. The molecule has 8 nitrogen and oxygen atoms in total. The van der Waals surface area contributed by atoms with Gasteiger partial charge in [-0.1, -0.05) is 77.2 Å². The SMILES string of the molecule is O=C(O[C@@H]1[C@@H](OC(=O)c2ccccc2)[C@@H](O)O[C@H](CI)[C@H]1OC(=O)c1ccccc1)c1ccccc1. The molecule has 3 aromatic carbocycles. The van der Waals surface area contributed by atoms with Gasteiger partial charge in [0.15, 0.2) is 24.6 Å². The Bertz CT molecular complexity index is 1170. The quantitative estimate of drug-likeness (QED) is 0.188. The molecule has 0 unspecified atom stereocenters. The van der Waals surface area contributed by atoms with E-state index >= 15 is 0 Å². The van der Waals surface area contributed by atoms with Crippen molar-refractivity contribution >= 4 is 40.5 Å². The zero-order valence-electron chi connectivity index (χ0n) is 18.9. The van der Waals surface area contributed by atoms with E-state index in [1.54, 1.807) is 91.0 Å². The zero-order valence-corrected chi connectivity index (χ0v) is 21.1. The van der Waals surface area contributed by atoms with E-state index in [4.69, 9.17) is 18.9 Å². The van der Waals surface area contributed by atoms with Crippen LogP contribution >= 0.6 is 22.6 Å². The first-order valence-electron chi connectivity index (χ1n) is 11.2. The van der Waals surface area contributed by atoms with Crippen molar-refractivity contribution < 1.29 is 38.4 Å². The molecule has 3 aromatic rings. The summed E-state index contributed by atoms with van der Waals surface area (Å²) in [5, 5.41) is 10.8. The minimum Gasteiger partial charge on any atom is -0.452 e. The third-order valence-corrected chi connectivity index (χ3v) is 6.39. The van der Waals surface area contributed by atoms with Crippen LogP contribution in [0.2, 0.25) is 0 Å². The Labute approximate surface area is 221 Å². The molecule has 0 spiro atoms. The number of ether oxygens (including phenoxy) is 4. The summed E-state index contributed by atoms with van der Waals surface area (Å²) in [6.45, 7) is 0. The first-order chi connectivity index (χ1) is 17.5. The number of halogens is 1. The fourth-order valence-electron chi connectivity index (χ4n) is 3.72. The van der Waals surface area contributed by atoms with Crippen molar-refractivity contribution in [2.45, 2.75) is 30.7 Å². The molecule has 1 aliphatic rings. The highest BCUT2D eigenvalue weighted by Crippen LogP contribution is 2.30. The van der Waals surface area contributed by atoms with Crippen LogP contribution in [-0.4, -0.2) is 58.1 Å². The van der Waals surface area contributed by atoms with Gasteiger partial charge >= 0.3 is 17.9 Å². The predicted octanol–water partition coefficient (Wildman–Crippen LogP) is 3.82. The minimum atomic E-state index is -1.63. The molecule has 0 radical (unpaired) electrons. The van der Waals surface area contributed by atoms with Gasteiger partial charge in [-0.3, -0.25) is 0 Å². The average Bonchev–Trinajstić information content (AvgIpc) is 2.93. The van der Waals surface area contributed by atoms with Gasteiger partial charge in [0.05, 0.1) is 16.7 Å². The summed E-state index contributed by atoms with van der Waals surface area (Å²) in [6, 6.07) is 24.6. The van der Waals surface area contributed by atoms with Crippen LogP contribution in [0.1, 0.15) is 31.1 Å². The van der Waals surface area contributed by atoms with E-state index in [1.807, 2.05) is 22.6 Å². The van der Waals surface area contributed by atoms with Crippen LogP contribution in [0.25, 0.3) is 0 Å². The van der Waals surface area contributed by atoms with Crippen LogP contribution in [0, 0.1) is 0 Å². The monoisotopic (exact) mass is 602 g/mol. The molecular weight excluding hydrogens is 579 g/mol. The lowest BCUT2D eigenvalue weighted by atomic mass is 9.98. The van der Waals surface area contributed by atoms with E-state index in [2.05, 4.69) is 0 Å². The molecule has 0 aromatic heterocycles. The highest BCUT2D eigenvalue weighted by Gasteiger charge is 2.51. The van der Waals surface area contributed by atoms with Crippen molar-refractivity contribution in [2.75, 3.05) is 4.43 Å². The molecule has 186 valence electrons. The molecule has 4 rings (SSSR count). The van der Waals surface area contributed by atoms with Crippen molar-refractivity contribution in [2.24, 2.45) is 0 Å². The molecule has 1 heterocycles. The number of aliphatic hydroxyl groups is 1. The average molecular weight is 602 g/mol. The molecule has 36 heavy (non-hydrogen) atoms. The van der Waals surface area contributed by atoms with Crippen molar-refractivity contribution in [3.05, 3.63) is 108 Å². The second-order valence-electron chi connectivity index (χ2n) is 7.93. The van der Waals surface area contributed by atoms with Crippen LogP contribution in [-0.2, 0) is 18.9 Å². The van der Waals surface area contributed by atoms with Crippen LogP contribution in [0.3, 0.4) is 0 Å². The predicted molar refractivity (Wildman–Crippen MR) is 137 cm³/mol. The van der Waals surface area contributed by atoms with Gasteiger partial charge in [0.25, 0.3) is 0 Å². The Hall–Kier alpha value is -3.28. The normalized spacial score (nSPS) is 23.3. The first kappa shape index (κ1) is 25.8. The largest absolute Gasteiger partial charge is 0.452 e. The Kier molecular flexibility index (Phi) is 8.68. The maximum atomic E-state index is 13.0. The molecule has 1 saturated heterocycles. The Morgan fingerprint density at radius 3 is 1.39 bits per heavy atom. The Morgan fingerprint density at radius 1 is 0.639 bits per heavy atom.